The molecule has 1 aliphatic carbocycles. The second kappa shape index (κ2) is 7.31. The molecular weight excluding hydrogens is 391 g/mol. The van der Waals surface area contributed by atoms with Crippen molar-refractivity contribution in [3.8, 4) is 0 Å². The number of amides is 1. The average Bonchev–Trinajstić information content (AvgIpc) is 2.92. The standard InChI is InChI=1S/C23H22Cl2N2O/c1-13-4-9-21-18(10-13)22(26-16-7-5-14(2)19(24)11-16)23(28)27(21)17-8-6-15(3)20(25)12-17/h5-9,11-13,26H,4,10H2,1-3H3/t13-/m1/s1. The van der Waals surface area contributed by atoms with E-state index in [2.05, 4.69) is 18.3 Å². The first kappa shape index (κ1) is 19.1. The molecule has 2 aliphatic rings. The molecule has 0 spiro atoms. The van der Waals surface area contributed by atoms with Crippen LogP contribution in [0.25, 0.3) is 0 Å². The molecule has 0 bridgehead atoms. The lowest BCUT2D eigenvalue weighted by atomic mass is 9.90. The Hall–Kier alpha value is -2.23. The maximum atomic E-state index is 13.4. The summed E-state index contributed by atoms with van der Waals surface area (Å²) >= 11 is 12.6. The largest absolute Gasteiger partial charge is 0.351 e. The number of benzene rings is 2. The van der Waals surface area contributed by atoms with E-state index >= 15 is 0 Å². The smallest absolute Gasteiger partial charge is 0.279 e. The summed E-state index contributed by atoms with van der Waals surface area (Å²) in [6.45, 7) is 6.12. The Balaban J connectivity index is 1.76. The van der Waals surface area contributed by atoms with Crippen LogP contribution in [-0.4, -0.2) is 5.91 Å². The van der Waals surface area contributed by atoms with Crippen LogP contribution < -0.4 is 10.2 Å². The van der Waals surface area contributed by atoms with Crippen LogP contribution in [0.1, 0.15) is 30.9 Å². The van der Waals surface area contributed by atoms with E-state index in [0.29, 0.717) is 21.7 Å². The quantitative estimate of drug-likeness (QED) is 0.612. The number of fused-ring (bicyclic) bond motifs is 1. The lowest BCUT2D eigenvalue weighted by Gasteiger charge is -2.25. The predicted molar refractivity (Wildman–Crippen MR) is 117 cm³/mol. The molecule has 1 N–H and O–H groups in total. The third-order valence-corrected chi connectivity index (χ3v) is 6.20. The summed E-state index contributed by atoms with van der Waals surface area (Å²) in [4.78, 5) is 15.2. The van der Waals surface area contributed by atoms with Crippen LogP contribution >= 0.6 is 23.2 Å². The highest BCUT2D eigenvalue weighted by Gasteiger charge is 2.38. The van der Waals surface area contributed by atoms with Crippen molar-refractivity contribution in [3.05, 3.63) is 80.6 Å². The van der Waals surface area contributed by atoms with E-state index in [4.69, 9.17) is 23.2 Å². The van der Waals surface area contributed by atoms with Crippen molar-refractivity contribution in [1.82, 2.24) is 0 Å². The van der Waals surface area contributed by atoms with Crippen LogP contribution in [0.4, 0.5) is 11.4 Å². The molecule has 1 atom stereocenters. The van der Waals surface area contributed by atoms with Gasteiger partial charge < -0.3 is 5.32 Å². The number of aryl methyl sites for hydroxylation is 2. The first-order valence-corrected chi connectivity index (χ1v) is 10.2. The van der Waals surface area contributed by atoms with Crippen molar-refractivity contribution < 1.29 is 4.79 Å². The van der Waals surface area contributed by atoms with Gasteiger partial charge in [0.15, 0.2) is 0 Å². The molecule has 28 heavy (non-hydrogen) atoms. The minimum Gasteiger partial charge on any atom is -0.351 e. The van der Waals surface area contributed by atoms with Gasteiger partial charge >= 0.3 is 0 Å². The monoisotopic (exact) mass is 412 g/mol. The molecule has 0 saturated carbocycles. The summed E-state index contributed by atoms with van der Waals surface area (Å²) in [6, 6.07) is 11.5. The number of carbonyl (C=O) groups is 1. The van der Waals surface area contributed by atoms with Crippen LogP contribution in [0.2, 0.25) is 10.0 Å². The maximum Gasteiger partial charge on any atom is 0.279 e. The molecule has 1 heterocycles. The number of hydrogen-bond acceptors (Lipinski definition) is 2. The van der Waals surface area contributed by atoms with Gasteiger partial charge in [0, 0.05) is 21.3 Å². The van der Waals surface area contributed by atoms with Gasteiger partial charge in [0.1, 0.15) is 5.70 Å². The highest BCUT2D eigenvalue weighted by Crippen LogP contribution is 2.42. The topological polar surface area (TPSA) is 32.3 Å². The Morgan fingerprint density at radius 2 is 1.71 bits per heavy atom. The summed E-state index contributed by atoms with van der Waals surface area (Å²) in [7, 11) is 0. The van der Waals surface area contributed by atoms with Gasteiger partial charge in [-0.15, -0.1) is 0 Å². The second-order valence-corrected chi connectivity index (χ2v) is 8.47. The molecule has 0 saturated heterocycles. The molecule has 1 amide bonds. The normalized spacial score (nSPS) is 19.0. The van der Waals surface area contributed by atoms with E-state index in [1.807, 2.05) is 50.2 Å². The molecule has 3 nitrogen and oxygen atoms in total. The van der Waals surface area contributed by atoms with Gasteiger partial charge in [-0.05, 0) is 68.0 Å². The molecular formula is C23H22Cl2N2O. The van der Waals surface area contributed by atoms with Gasteiger partial charge in [-0.3, -0.25) is 9.69 Å². The average molecular weight is 413 g/mol. The first-order valence-electron chi connectivity index (χ1n) is 9.42. The SMILES string of the molecule is Cc1ccc(NC2=C3C[C@H](C)CC=C3N(c3ccc(C)c(Cl)c3)C2=O)cc1Cl. The summed E-state index contributed by atoms with van der Waals surface area (Å²) in [5, 5.41) is 4.67. The highest BCUT2D eigenvalue weighted by atomic mass is 35.5. The Bertz CT molecular complexity index is 1040. The lowest BCUT2D eigenvalue weighted by Crippen LogP contribution is -2.27. The zero-order valence-corrected chi connectivity index (χ0v) is 17.7. The summed E-state index contributed by atoms with van der Waals surface area (Å²) in [6.07, 6.45) is 3.97. The number of carbonyl (C=O) groups excluding carboxylic acids is 1. The van der Waals surface area contributed by atoms with Gasteiger partial charge in [-0.2, -0.15) is 0 Å². The molecule has 2 aromatic carbocycles. The zero-order chi connectivity index (χ0) is 20.0. The Morgan fingerprint density at radius 1 is 1.04 bits per heavy atom. The second-order valence-electron chi connectivity index (χ2n) is 7.65. The highest BCUT2D eigenvalue weighted by molar-refractivity contribution is 6.32. The van der Waals surface area contributed by atoms with Gasteiger partial charge in [0.25, 0.3) is 5.91 Å². The van der Waals surface area contributed by atoms with Crippen molar-refractivity contribution >= 4 is 40.5 Å². The molecule has 0 radical (unpaired) electrons. The number of anilines is 2. The van der Waals surface area contributed by atoms with Gasteiger partial charge in [-0.25, -0.2) is 0 Å². The van der Waals surface area contributed by atoms with E-state index in [1.54, 1.807) is 4.90 Å². The van der Waals surface area contributed by atoms with Crippen LogP contribution in [0.3, 0.4) is 0 Å². The molecule has 2 aromatic rings. The minimum atomic E-state index is -0.0630. The van der Waals surface area contributed by atoms with Crippen LogP contribution in [0.15, 0.2) is 59.4 Å². The van der Waals surface area contributed by atoms with Crippen molar-refractivity contribution in [1.29, 1.82) is 0 Å². The van der Waals surface area contributed by atoms with Crippen LogP contribution in [0, 0.1) is 19.8 Å². The number of nitrogens with one attached hydrogen (secondary N) is 1. The fraction of sp³-hybridized carbons (Fsp3) is 0.261. The van der Waals surface area contributed by atoms with Gasteiger partial charge in [-0.1, -0.05) is 48.3 Å². The fourth-order valence-electron chi connectivity index (χ4n) is 3.70. The molecule has 144 valence electrons. The van der Waals surface area contributed by atoms with E-state index in [-0.39, 0.29) is 5.91 Å². The molecule has 0 unspecified atom stereocenters. The van der Waals surface area contributed by atoms with E-state index in [9.17, 15) is 4.79 Å². The fourth-order valence-corrected chi connectivity index (χ4v) is 4.06. The number of nitrogens with zero attached hydrogens (tertiary/aromatic N) is 1. The Kier molecular flexibility index (Phi) is 4.98. The van der Waals surface area contributed by atoms with E-state index in [0.717, 1.165) is 46.6 Å². The first-order chi connectivity index (χ1) is 13.3. The Labute approximate surface area is 175 Å². The third-order valence-electron chi connectivity index (χ3n) is 5.39. The van der Waals surface area contributed by atoms with Crippen LogP contribution in [-0.2, 0) is 4.79 Å². The summed E-state index contributed by atoms with van der Waals surface area (Å²) in [5.74, 6) is 0.429. The van der Waals surface area contributed by atoms with Crippen molar-refractivity contribution in [3.63, 3.8) is 0 Å². The van der Waals surface area contributed by atoms with E-state index in [1.165, 1.54) is 0 Å². The van der Waals surface area contributed by atoms with Crippen molar-refractivity contribution in [2.75, 3.05) is 10.2 Å². The zero-order valence-electron chi connectivity index (χ0n) is 16.1. The molecule has 0 aromatic heterocycles. The van der Waals surface area contributed by atoms with Gasteiger partial charge in [0.05, 0.1) is 11.4 Å². The number of rotatable bonds is 3. The van der Waals surface area contributed by atoms with E-state index < -0.39 is 0 Å². The summed E-state index contributed by atoms with van der Waals surface area (Å²) in [5.41, 5.74) is 6.23. The Morgan fingerprint density at radius 3 is 2.39 bits per heavy atom. The molecule has 4 rings (SSSR count). The van der Waals surface area contributed by atoms with Gasteiger partial charge in [0.2, 0.25) is 0 Å². The molecule has 1 aliphatic heterocycles. The maximum absolute atomic E-state index is 13.4. The number of allylic oxidation sites excluding steroid dienone is 2. The summed E-state index contributed by atoms with van der Waals surface area (Å²) < 4.78 is 0. The number of halogens is 2. The third kappa shape index (κ3) is 3.34. The number of hydrogen-bond donors (Lipinski definition) is 1. The van der Waals surface area contributed by atoms with Crippen molar-refractivity contribution in [2.24, 2.45) is 5.92 Å². The van der Waals surface area contributed by atoms with Crippen LogP contribution in [0.5, 0.6) is 0 Å². The molecule has 5 heteroatoms. The van der Waals surface area contributed by atoms with Crippen molar-refractivity contribution in [2.45, 2.75) is 33.6 Å². The lowest BCUT2D eigenvalue weighted by molar-refractivity contribution is -0.114. The predicted octanol–water partition coefficient (Wildman–Crippen LogP) is 6.64. The molecule has 0 fully saturated rings. The minimum absolute atomic E-state index is 0.0630.